The summed E-state index contributed by atoms with van der Waals surface area (Å²) in [6.45, 7) is 15.0. The van der Waals surface area contributed by atoms with Gasteiger partial charge < -0.3 is 9.80 Å². The van der Waals surface area contributed by atoms with Crippen molar-refractivity contribution in [3.8, 4) is 22.3 Å². The number of fused-ring (bicyclic) bond motifs is 16. The summed E-state index contributed by atoms with van der Waals surface area (Å²) in [7, 11) is 11.5. The maximum Gasteiger partial charge on any atom is 0.141 e. The van der Waals surface area contributed by atoms with Gasteiger partial charge >= 0.3 is 0 Å². The van der Waals surface area contributed by atoms with Gasteiger partial charge in [-0.1, -0.05) is 182 Å². The van der Waals surface area contributed by atoms with E-state index in [1.54, 1.807) is 5.57 Å². The number of nitrogens with zero attached hydrogens (tertiary/aromatic N) is 2. The second kappa shape index (κ2) is 14.8. The molecular formula is C66H59B5N2. The summed E-state index contributed by atoms with van der Waals surface area (Å²) >= 11 is 0. The normalized spacial score (nSPS) is 24.7. The summed E-state index contributed by atoms with van der Waals surface area (Å²) in [5.74, 6) is 0.263. The fraction of sp³-hybridized carbons (Fsp3) is 0.182. The van der Waals surface area contributed by atoms with Crippen LogP contribution in [0, 0.1) is 5.92 Å². The van der Waals surface area contributed by atoms with E-state index < -0.39 is 11.0 Å². The Labute approximate surface area is 437 Å². The Morgan fingerprint density at radius 1 is 0.479 bits per heavy atom. The molecule has 73 heavy (non-hydrogen) atoms. The van der Waals surface area contributed by atoms with Crippen molar-refractivity contribution in [2.45, 2.75) is 68.7 Å². The molecule has 0 fully saturated rings. The molecule has 14 rings (SSSR count). The lowest BCUT2D eigenvalue weighted by atomic mass is 9.50. The highest BCUT2D eigenvalue weighted by molar-refractivity contribution is 6.69. The van der Waals surface area contributed by atoms with Gasteiger partial charge in [-0.05, 0) is 147 Å². The molecule has 1 heterocycles. The first-order valence-electron chi connectivity index (χ1n) is 26.7. The van der Waals surface area contributed by atoms with E-state index >= 15 is 0 Å². The summed E-state index contributed by atoms with van der Waals surface area (Å²) in [6, 6.07) is 63.2. The van der Waals surface area contributed by atoms with E-state index in [4.69, 9.17) is 0 Å². The zero-order chi connectivity index (χ0) is 50.3. The predicted octanol–water partition coefficient (Wildman–Crippen LogP) is 7.65. The van der Waals surface area contributed by atoms with Gasteiger partial charge in [0.05, 0.1) is 11.0 Å². The number of hydrogen-bond acceptors (Lipinski definition) is 2. The van der Waals surface area contributed by atoms with Gasteiger partial charge in [-0.2, -0.15) is 0 Å². The van der Waals surface area contributed by atoms with E-state index in [1.165, 1.54) is 122 Å². The molecule has 0 N–H and O–H groups in total. The van der Waals surface area contributed by atoms with Gasteiger partial charge in [-0.15, -0.1) is 5.46 Å². The summed E-state index contributed by atoms with van der Waals surface area (Å²) in [5, 5.41) is 0. The first-order chi connectivity index (χ1) is 35.1. The van der Waals surface area contributed by atoms with Crippen molar-refractivity contribution in [1.29, 1.82) is 0 Å². The second-order valence-corrected chi connectivity index (χ2v) is 23.4. The van der Waals surface area contributed by atoms with Crippen LogP contribution in [0.2, 0.25) is 0 Å². The van der Waals surface area contributed by atoms with Crippen LogP contribution in [0.5, 0.6) is 0 Å². The zero-order valence-corrected chi connectivity index (χ0v) is 44.3. The van der Waals surface area contributed by atoms with Gasteiger partial charge in [0.25, 0.3) is 0 Å². The largest absolute Gasteiger partial charge is 0.328 e. The summed E-state index contributed by atoms with van der Waals surface area (Å²) < 4.78 is 0. The number of anilines is 5. The fourth-order valence-corrected chi connectivity index (χ4v) is 16.2. The van der Waals surface area contributed by atoms with Gasteiger partial charge in [0.15, 0.2) is 0 Å². The minimum Gasteiger partial charge on any atom is -0.328 e. The molecule has 0 radical (unpaired) electrons. The Hall–Kier alpha value is -7.10. The molecule has 5 unspecified atom stereocenters. The van der Waals surface area contributed by atoms with Gasteiger partial charge in [-0.3, -0.25) is 0 Å². The molecule has 8 aromatic rings. The first kappa shape index (κ1) is 44.6. The van der Waals surface area contributed by atoms with Crippen LogP contribution in [-0.4, -0.2) is 44.8 Å². The van der Waals surface area contributed by atoms with Crippen molar-refractivity contribution >= 4 is 95.0 Å². The van der Waals surface area contributed by atoms with Crippen LogP contribution >= 0.6 is 0 Å². The SMILES string of the molecule is Bc1c(B)c(B)c(N(c2ccccc2)c2ccc3c(c2)C2(c4ccccc4-3)c3ccccc3-c3ccc(N4c5ccccc5C5(C)C=CC(C)C6=C5C4(C)C=C4C(C)(C)c5ccccc5C46C)cc32)c(B)c1B. The third-order valence-electron chi connectivity index (χ3n) is 19.7. The Kier molecular flexibility index (Phi) is 9.03. The Balaban J connectivity index is 1.05. The first-order valence-corrected chi connectivity index (χ1v) is 26.7. The Bertz CT molecular complexity index is 3840. The van der Waals surface area contributed by atoms with E-state index in [2.05, 4.69) is 273 Å². The quantitative estimate of drug-likeness (QED) is 0.132. The highest BCUT2D eigenvalue weighted by Gasteiger charge is 2.63. The lowest BCUT2D eigenvalue weighted by Crippen LogP contribution is -2.59. The van der Waals surface area contributed by atoms with Crippen LogP contribution in [0.4, 0.5) is 28.4 Å². The van der Waals surface area contributed by atoms with Crippen molar-refractivity contribution in [3.63, 3.8) is 0 Å². The predicted molar refractivity (Wildman–Crippen MR) is 323 cm³/mol. The van der Waals surface area contributed by atoms with Gasteiger partial charge in [0.1, 0.15) is 39.2 Å². The van der Waals surface area contributed by atoms with Gasteiger partial charge in [0.2, 0.25) is 0 Å². The third-order valence-corrected chi connectivity index (χ3v) is 19.7. The Morgan fingerprint density at radius 3 is 1.66 bits per heavy atom. The monoisotopic (exact) mass is 935 g/mol. The highest BCUT2D eigenvalue weighted by atomic mass is 15.2. The van der Waals surface area contributed by atoms with Crippen LogP contribution < -0.4 is 37.1 Å². The van der Waals surface area contributed by atoms with E-state index in [0.29, 0.717) is 0 Å². The van der Waals surface area contributed by atoms with Crippen molar-refractivity contribution < 1.29 is 0 Å². The lowest BCUT2D eigenvalue weighted by molar-refractivity contribution is 0.415. The highest BCUT2D eigenvalue weighted by Crippen LogP contribution is 2.70. The van der Waals surface area contributed by atoms with Crippen LogP contribution in [-0.2, 0) is 21.7 Å². The zero-order valence-electron chi connectivity index (χ0n) is 44.3. The minimum absolute atomic E-state index is 0.161. The molecule has 7 heteroatoms. The molecule has 6 aliphatic rings. The van der Waals surface area contributed by atoms with Crippen LogP contribution in [0.25, 0.3) is 22.3 Å². The van der Waals surface area contributed by atoms with Crippen molar-refractivity contribution in [1.82, 2.24) is 0 Å². The summed E-state index contributed by atoms with van der Waals surface area (Å²) in [5.41, 5.74) is 30.5. The van der Waals surface area contributed by atoms with Gasteiger partial charge in [-0.25, -0.2) is 0 Å². The average Bonchev–Trinajstić information content (AvgIpc) is 3.97. The smallest absolute Gasteiger partial charge is 0.141 e. The van der Waals surface area contributed by atoms with E-state index in [-0.39, 0.29) is 22.2 Å². The average molecular weight is 934 g/mol. The van der Waals surface area contributed by atoms with Crippen molar-refractivity contribution in [2.75, 3.05) is 9.80 Å². The topological polar surface area (TPSA) is 6.48 Å². The van der Waals surface area contributed by atoms with Crippen LogP contribution in [0.3, 0.4) is 0 Å². The van der Waals surface area contributed by atoms with Crippen molar-refractivity contribution in [3.05, 3.63) is 238 Å². The molecule has 2 nitrogen and oxygen atoms in total. The summed E-state index contributed by atoms with van der Waals surface area (Å²) in [6.07, 6.45) is 7.82. The van der Waals surface area contributed by atoms with Crippen LogP contribution in [0.15, 0.2) is 199 Å². The number of hydrogen-bond donors (Lipinski definition) is 0. The fourth-order valence-electron chi connectivity index (χ4n) is 16.2. The molecular weight excluding hydrogens is 875 g/mol. The van der Waals surface area contributed by atoms with E-state index in [0.717, 1.165) is 5.69 Å². The molecule has 1 spiro atoms. The van der Waals surface area contributed by atoms with E-state index in [9.17, 15) is 0 Å². The standard InChI is InChI=1S/C66H59B5N2/c1-37-32-33-63(4)49-26-16-17-27-52(49)73(64(5)36-53-62(2,3)47-24-14-15-25-48(47)65(53,6)54(37)61(63)64)40-29-31-44-42-21-11-13-23-46(42)66(51(44)35-40)45-22-12-10-20-41(45)43-30-28-39(34-50(43)66)72(38-18-8-7-9-19-38)60-58(70)56(68)55(67)57(69)59(60)71/h7-37H,67-71H2,1-6H3. The number of allylic oxidation sites excluding steroid dienone is 4. The number of benzene rings is 8. The third kappa shape index (κ3) is 5.31. The summed E-state index contributed by atoms with van der Waals surface area (Å²) in [4.78, 5) is 5.30. The second-order valence-electron chi connectivity index (χ2n) is 23.4. The number of rotatable bonds is 4. The molecule has 0 saturated heterocycles. The molecule has 0 bridgehead atoms. The Morgan fingerprint density at radius 2 is 1.00 bits per heavy atom. The van der Waals surface area contributed by atoms with E-state index in [1.807, 2.05) is 0 Å². The maximum absolute atomic E-state index is 2.76. The molecule has 5 aliphatic carbocycles. The number of para-hydroxylation sites is 2. The molecule has 0 aromatic heterocycles. The maximum atomic E-state index is 2.76. The molecule has 348 valence electrons. The molecule has 0 saturated carbocycles. The molecule has 8 aromatic carbocycles. The van der Waals surface area contributed by atoms with Gasteiger partial charge in [0, 0.05) is 44.7 Å². The van der Waals surface area contributed by atoms with Crippen LogP contribution in [0.1, 0.15) is 80.5 Å². The molecule has 1 aliphatic heterocycles. The molecule has 5 atom stereocenters. The minimum atomic E-state index is -0.578. The lowest BCUT2D eigenvalue weighted by Gasteiger charge is -2.61. The molecule has 0 amide bonds. The van der Waals surface area contributed by atoms with Crippen molar-refractivity contribution in [2.24, 2.45) is 5.92 Å².